The summed E-state index contributed by atoms with van der Waals surface area (Å²) in [6.45, 7) is 2.30. The van der Waals surface area contributed by atoms with E-state index < -0.39 is 0 Å². The molecule has 0 aromatic heterocycles. The van der Waals surface area contributed by atoms with Gasteiger partial charge in [0.15, 0.2) is 0 Å². The molecule has 1 aliphatic rings. The van der Waals surface area contributed by atoms with Crippen molar-refractivity contribution in [3.05, 3.63) is 0 Å². The van der Waals surface area contributed by atoms with Crippen LogP contribution in [0.25, 0.3) is 0 Å². The second-order valence-electron chi connectivity index (χ2n) is 4.35. The van der Waals surface area contributed by atoms with Gasteiger partial charge in [-0.3, -0.25) is 0 Å². The molecule has 0 saturated heterocycles. The number of unbranched alkanes of at least 4 members (excludes halogenated alkanes) is 2. The van der Waals surface area contributed by atoms with Gasteiger partial charge in [0.05, 0.1) is 0 Å². The van der Waals surface area contributed by atoms with Crippen LogP contribution in [0, 0.1) is 5.92 Å². The first-order valence-electron chi connectivity index (χ1n) is 5.93. The molecule has 0 N–H and O–H groups in total. The summed E-state index contributed by atoms with van der Waals surface area (Å²) >= 11 is 0. The van der Waals surface area contributed by atoms with Crippen molar-refractivity contribution >= 4 is 13.5 Å². The third-order valence-electron chi connectivity index (χ3n) is 3.19. The molecule has 1 saturated carbocycles. The van der Waals surface area contributed by atoms with Crippen molar-refractivity contribution in [2.75, 3.05) is 0 Å². The van der Waals surface area contributed by atoms with Gasteiger partial charge in [0.2, 0.25) is 0 Å². The first-order chi connectivity index (χ1) is 5.93. The zero-order valence-electron chi connectivity index (χ0n) is 9.15. The summed E-state index contributed by atoms with van der Waals surface area (Å²) in [6, 6.07) is 0. The average Bonchev–Trinajstić information content (AvgIpc) is 2.33. The van der Waals surface area contributed by atoms with Crippen LogP contribution in [0.2, 0.25) is 0 Å². The van der Waals surface area contributed by atoms with Crippen molar-refractivity contribution in [3.8, 4) is 0 Å². The monoisotopic (exact) mass is 202 g/mol. The van der Waals surface area contributed by atoms with Gasteiger partial charge in [-0.25, -0.2) is 0 Å². The molecule has 0 atom stereocenters. The maximum Gasteiger partial charge on any atom is -0.0414 e. The van der Waals surface area contributed by atoms with E-state index in [1.54, 1.807) is 0 Å². The third kappa shape index (κ3) is 6.42. The lowest BCUT2D eigenvalue weighted by Crippen LogP contribution is -1.97. The Morgan fingerprint density at radius 1 is 0.923 bits per heavy atom. The van der Waals surface area contributed by atoms with Gasteiger partial charge in [0.1, 0.15) is 0 Å². The molecule has 0 radical (unpaired) electrons. The molecule has 0 nitrogen and oxygen atoms in total. The fraction of sp³-hybridized carbons (Fsp3) is 1.00. The fourth-order valence-corrected chi connectivity index (χ4v) is 2.34. The molecule has 1 aliphatic carbocycles. The second kappa shape index (κ2) is 8.93. The number of hydrogen-bond acceptors (Lipinski definition) is 0. The van der Waals surface area contributed by atoms with Crippen LogP contribution in [-0.2, 0) is 0 Å². The Labute approximate surface area is 90.9 Å². The Morgan fingerprint density at radius 2 is 1.54 bits per heavy atom. The number of hydrogen-bond donors (Lipinski definition) is 0. The highest BCUT2D eigenvalue weighted by atomic mass is 32.1. The third-order valence-corrected chi connectivity index (χ3v) is 3.19. The molecule has 0 aliphatic heterocycles. The van der Waals surface area contributed by atoms with Gasteiger partial charge in [0, 0.05) is 0 Å². The van der Waals surface area contributed by atoms with Gasteiger partial charge in [-0.1, -0.05) is 71.1 Å². The molecule has 13 heavy (non-hydrogen) atoms. The van der Waals surface area contributed by atoms with Crippen molar-refractivity contribution in [2.45, 2.75) is 71.1 Å². The lowest BCUT2D eigenvalue weighted by molar-refractivity contribution is 0.409. The molecule has 1 fully saturated rings. The molecule has 0 amide bonds. The van der Waals surface area contributed by atoms with Gasteiger partial charge in [0.25, 0.3) is 0 Å². The zero-order chi connectivity index (χ0) is 8.65. The molecule has 0 aromatic carbocycles. The van der Waals surface area contributed by atoms with Crippen LogP contribution in [0.1, 0.15) is 71.1 Å². The van der Waals surface area contributed by atoms with Crippen molar-refractivity contribution in [3.63, 3.8) is 0 Å². The van der Waals surface area contributed by atoms with Crippen molar-refractivity contribution in [2.24, 2.45) is 5.92 Å². The van der Waals surface area contributed by atoms with E-state index in [2.05, 4.69) is 6.92 Å². The Kier molecular flexibility index (Phi) is 9.17. The van der Waals surface area contributed by atoms with Crippen LogP contribution in [0.15, 0.2) is 0 Å². The van der Waals surface area contributed by atoms with Crippen LogP contribution in [0.5, 0.6) is 0 Å². The maximum atomic E-state index is 2.30. The Bertz CT molecular complexity index is 93.3. The van der Waals surface area contributed by atoms with E-state index in [0.717, 1.165) is 5.92 Å². The first kappa shape index (κ1) is 13.4. The van der Waals surface area contributed by atoms with Crippen LogP contribution in [-0.4, -0.2) is 0 Å². The largest absolute Gasteiger partial charge is 0.197 e. The molecular weight excluding hydrogens is 176 g/mol. The Balaban J connectivity index is 0.00000144. The summed E-state index contributed by atoms with van der Waals surface area (Å²) in [5.41, 5.74) is 0. The lowest BCUT2D eigenvalue weighted by atomic mass is 9.94. The van der Waals surface area contributed by atoms with E-state index in [0.29, 0.717) is 0 Å². The Hall–Kier alpha value is 0.350. The van der Waals surface area contributed by atoms with Gasteiger partial charge in [-0.15, -0.1) is 0 Å². The van der Waals surface area contributed by atoms with Gasteiger partial charge in [-0.05, 0) is 5.92 Å². The van der Waals surface area contributed by atoms with Crippen molar-refractivity contribution in [1.82, 2.24) is 0 Å². The van der Waals surface area contributed by atoms with Crippen LogP contribution >= 0.6 is 13.5 Å². The van der Waals surface area contributed by atoms with Crippen LogP contribution < -0.4 is 0 Å². The molecule has 1 heteroatoms. The molecule has 80 valence electrons. The van der Waals surface area contributed by atoms with E-state index in [1.165, 1.54) is 64.2 Å². The molecule has 0 bridgehead atoms. The normalized spacial score (nSPS) is 19.2. The highest BCUT2D eigenvalue weighted by molar-refractivity contribution is 7.59. The topological polar surface area (TPSA) is 0 Å². The van der Waals surface area contributed by atoms with Crippen LogP contribution in [0.3, 0.4) is 0 Å². The van der Waals surface area contributed by atoms with Gasteiger partial charge < -0.3 is 0 Å². The minimum absolute atomic E-state index is 0. The molecule has 1 rings (SSSR count). The minimum atomic E-state index is 0. The molecule has 0 aromatic rings. The standard InChI is InChI=1S/C12H24.H2S/c1-2-3-6-9-12-10-7-4-5-8-11-12;/h12H,2-11H2,1H3;1H2. The minimum Gasteiger partial charge on any atom is -0.197 e. The fourth-order valence-electron chi connectivity index (χ4n) is 2.34. The molecular formula is C12H26S. The first-order valence-corrected chi connectivity index (χ1v) is 5.93. The maximum absolute atomic E-state index is 2.30. The molecule has 0 spiro atoms. The van der Waals surface area contributed by atoms with E-state index in [4.69, 9.17) is 0 Å². The summed E-state index contributed by atoms with van der Waals surface area (Å²) in [7, 11) is 0. The Morgan fingerprint density at radius 3 is 2.08 bits per heavy atom. The summed E-state index contributed by atoms with van der Waals surface area (Å²) in [5.74, 6) is 1.10. The summed E-state index contributed by atoms with van der Waals surface area (Å²) in [6.07, 6.45) is 14.9. The van der Waals surface area contributed by atoms with Gasteiger partial charge in [-0.2, -0.15) is 13.5 Å². The lowest BCUT2D eigenvalue weighted by Gasteiger charge is -2.12. The highest BCUT2D eigenvalue weighted by Crippen LogP contribution is 2.26. The second-order valence-corrected chi connectivity index (χ2v) is 4.35. The van der Waals surface area contributed by atoms with Gasteiger partial charge >= 0.3 is 0 Å². The molecule has 0 heterocycles. The summed E-state index contributed by atoms with van der Waals surface area (Å²) in [5, 5.41) is 0. The highest BCUT2D eigenvalue weighted by Gasteiger charge is 2.10. The smallest absolute Gasteiger partial charge is 0.0414 e. The van der Waals surface area contributed by atoms with E-state index >= 15 is 0 Å². The van der Waals surface area contributed by atoms with E-state index in [-0.39, 0.29) is 13.5 Å². The predicted molar refractivity (Wildman–Crippen MR) is 65.7 cm³/mol. The SMILES string of the molecule is CCCCCC1CCCCCC1.S. The quantitative estimate of drug-likeness (QED) is 0.460. The number of rotatable bonds is 4. The van der Waals surface area contributed by atoms with Crippen molar-refractivity contribution in [1.29, 1.82) is 0 Å². The van der Waals surface area contributed by atoms with E-state index in [1.807, 2.05) is 0 Å². The average molecular weight is 202 g/mol. The van der Waals surface area contributed by atoms with Crippen molar-refractivity contribution < 1.29 is 0 Å². The molecule has 0 unspecified atom stereocenters. The summed E-state index contributed by atoms with van der Waals surface area (Å²) in [4.78, 5) is 0. The van der Waals surface area contributed by atoms with E-state index in [9.17, 15) is 0 Å². The van der Waals surface area contributed by atoms with Crippen LogP contribution in [0.4, 0.5) is 0 Å². The summed E-state index contributed by atoms with van der Waals surface area (Å²) < 4.78 is 0. The predicted octanol–water partition coefficient (Wildman–Crippen LogP) is 4.65. The zero-order valence-corrected chi connectivity index (χ0v) is 10.1.